The zero-order valence-corrected chi connectivity index (χ0v) is 17.8. The van der Waals surface area contributed by atoms with E-state index < -0.39 is 0 Å². The van der Waals surface area contributed by atoms with Crippen LogP contribution in [-0.2, 0) is 4.79 Å². The summed E-state index contributed by atoms with van der Waals surface area (Å²) in [7, 11) is 0. The fourth-order valence-corrected chi connectivity index (χ4v) is 4.58. The zero-order chi connectivity index (χ0) is 20.4. The molecule has 2 aliphatic heterocycles. The lowest BCUT2D eigenvalue weighted by atomic mass is 9.75. The fourth-order valence-electron chi connectivity index (χ4n) is 4.58. The average molecular weight is 397 g/mol. The quantitative estimate of drug-likeness (QED) is 0.777. The highest BCUT2D eigenvalue weighted by atomic mass is 16.4. The lowest BCUT2D eigenvalue weighted by Gasteiger charge is -2.40. The number of amides is 1. The maximum absolute atomic E-state index is 13.0. The number of aromatic nitrogens is 2. The third kappa shape index (κ3) is 4.46. The Balaban J connectivity index is 1.30. The van der Waals surface area contributed by atoms with Gasteiger partial charge in [-0.25, -0.2) is 0 Å². The van der Waals surface area contributed by atoms with E-state index in [1.165, 1.54) is 0 Å². The molecule has 2 fully saturated rings. The van der Waals surface area contributed by atoms with Crippen molar-refractivity contribution in [1.82, 2.24) is 15.1 Å². The Bertz CT molecular complexity index is 811. The molecule has 1 aromatic heterocycles. The van der Waals surface area contributed by atoms with Crippen molar-refractivity contribution in [3.8, 4) is 11.5 Å². The van der Waals surface area contributed by atoms with E-state index in [0.717, 1.165) is 57.4 Å². The van der Waals surface area contributed by atoms with Crippen LogP contribution >= 0.6 is 0 Å². The Morgan fingerprint density at radius 1 is 0.966 bits per heavy atom. The summed E-state index contributed by atoms with van der Waals surface area (Å²) >= 11 is 0. The molecule has 4 rings (SSSR count). The van der Waals surface area contributed by atoms with E-state index in [0.29, 0.717) is 29.1 Å². The molecule has 0 bridgehead atoms. The van der Waals surface area contributed by atoms with Crippen LogP contribution in [0.1, 0.15) is 46.5 Å². The number of benzene rings is 1. The summed E-state index contributed by atoms with van der Waals surface area (Å²) in [6.07, 6.45) is 3.94. The number of anilines is 1. The van der Waals surface area contributed by atoms with Crippen LogP contribution in [0.5, 0.6) is 0 Å². The van der Waals surface area contributed by atoms with E-state index in [9.17, 15) is 4.79 Å². The molecular weight excluding hydrogens is 364 g/mol. The molecule has 0 saturated carbocycles. The van der Waals surface area contributed by atoms with Gasteiger partial charge in [0, 0.05) is 37.7 Å². The van der Waals surface area contributed by atoms with Crippen LogP contribution in [0.3, 0.4) is 0 Å². The smallest absolute Gasteiger partial charge is 0.318 e. The molecule has 0 radical (unpaired) electrons. The maximum Gasteiger partial charge on any atom is 0.318 e. The van der Waals surface area contributed by atoms with E-state index in [2.05, 4.69) is 40.8 Å². The van der Waals surface area contributed by atoms with Gasteiger partial charge in [0.15, 0.2) is 0 Å². The molecule has 0 aliphatic carbocycles. The van der Waals surface area contributed by atoms with Gasteiger partial charge in [0.05, 0.1) is 0 Å². The van der Waals surface area contributed by atoms with Crippen LogP contribution in [-0.4, -0.2) is 47.2 Å². The number of nitrogens with zero attached hydrogens (tertiary/aromatic N) is 4. The Hall–Kier alpha value is -2.37. The molecule has 156 valence electrons. The Morgan fingerprint density at radius 3 is 2.24 bits per heavy atom. The molecule has 29 heavy (non-hydrogen) atoms. The normalized spacial score (nSPS) is 19.6. The number of carbonyl (C=O) groups is 1. The summed E-state index contributed by atoms with van der Waals surface area (Å²) in [6, 6.07) is 10.4. The highest BCUT2D eigenvalue weighted by Gasteiger charge is 2.34. The van der Waals surface area contributed by atoms with Gasteiger partial charge in [-0.3, -0.25) is 4.79 Å². The minimum absolute atomic E-state index is 0.119. The molecule has 0 atom stereocenters. The van der Waals surface area contributed by atoms with Crippen LogP contribution in [0, 0.1) is 17.3 Å². The second-order valence-corrected chi connectivity index (χ2v) is 9.48. The minimum atomic E-state index is 0.119. The van der Waals surface area contributed by atoms with Crippen molar-refractivity contribution < 1.29 is 9.21 Å². The van der Waals surface area contributed by atoms with Gasteiger partial charge in [0.1, 0.15) is 0 Å². The SMILES string of the molecule is CC(C)(C)C1CCN(C(=O)C2CCN(c3nnc(-c4ccccc4)o3)CC2)CC1. The van der Waals surface area contributed by atoms with Crippen LogP contribution in [0.2, 0.25) is 0 Å². The number of piperidine rings is 2. The number of hydrogen-bond acceptors (Lipinski definition) is 5. The van der Waals surface area contributed by atoms with Crippen LogP contribution in [0.4, 0.5) is 6.01 Å². The van der Waals surface area contributed by atoms with Crippen molar-refractivity contribution >= 4 is 11.9 Å². The van der Waals surface area contributed by atoms with Crippen LogP contribution < -0.4 is 4.90 Å². The summed E-state index contributed by atoms with van der Waals surface area (Å²) < 4.78 is 5.87. The molecule has 2 saturated heterocycles. The summed E-state index contributed by atoms with van der Waals surface area (Å²) in [5.74, 6) is 1.71. The molecule has 3 heterocycles. The molecule has 1 aromatic carbocycles. The van der Waals surface area contributed by atoms with E-state index in [1.807, 2.05) is 30.3 Å². The fraction of sp³-hybridized carbons (Fsp3) is 0.609. The predicted octanol–water partition coefficient (Wildman–Crippen LogP) is 4.24. The summed E-state index contributed by atoms with van der Waals surface area (Å²) in [5, 5.41) is 8.40. The monoisotopic (exact) mass is 396 g/mol. The second-order valence-electron chi connectivity index (χ2n) is 9.48. The highest BCUT2D eigenvalue weighted by molar-refractivity contribution is 5.79. The van der Waals surface area contributed by atoms with Crippen LogP contribution in [0.25, 0.3) is 11.5 Å². The summed E-state index contributed by atoms with van der Waals surface area (Å²) in [4.78, 5) is 17.2. The van der Waals surface area contributed by atoms with E-state index >= 15 is 0 Å². The first-order valence-corrected chi connectivity index (χ1v) is 10.8. The molecule has 1 amide bonds. The Kier molecular flexibility index (Phi) is 5.61. The Labute approximate surface area is 173 Å². The van der Waals surface area contributed by atoms with Gasteiger partial charge < -0.3 is 14.2 Å². The average Bonchev–Trinajstić information content (AvgIpc) is 3.24. The first-order chi connectivity index (χ1) is 13.9. The molecule has 6 heteroatoms. The number of likely N-dealkylation sites (tertiary alicyclic amines) is 1. The summed E-state index contributed by atoms with van der Waals surface area (Å²) in [6.45, 7) is 10.3. The number of rotatable bonds is 3. The topological polar surface area (TPSA) is 62.5 Å². The van der Waals surface area contributed by atoms with Gasteiger partial charge in [0.25, 0.3) is 0 Å². The highest BCUT2D eigenvalue weighted by Crippen LogP contribution is 2.35. The lowest BCUT2D eigenvalue weighted by molar-refractivity contribution is -0.138. The Morgan fingerprint density at radius 2 is 1.62 bits per heavy atom. The summed E-state index contributed by atoms with van der Waals surface area (Å²) in [5.41, 5.74) is 1.26. The van der Waals surface area contributed by atoms with Crippen molar-refractivity contribution in [3.63, 3.8) is 0 Å². The van der Waals surface area contributed by atoms with Gasteiger partial charge in [-0.15, -0.1) is 5.10 Å². The van der Waals surface area contributed by atoms with Gasteiger partial charge in [-0.2, -0.15) is 0 Å². The molecule has 0 unspecified atom stereocenters. The molecule has 2 aliphatic rings. The van der Waals surface area contributed by atoms with Crippen molar-refractivity contribution in [2.75, 3.05) is 31.1 Å². The predicted molar refractivity (Wildman–Crippen MR) is 113 cm³/mol. The standard InChI is InChI=1S/C23H32N4O2/c1-23(2,3)19-11-15-26(16-12-19)21(28)18-9-13-27(14-10-18)22-25-24-20(29-22)17-7-5-4-6-8-17/h4-8,18-19H,9-16H2,1-3H3. The third-order valence-corrected chi connectivity index (χ3v) is 6.58. The molecule has 6 nitrogen and oxygen atoms in total. The van der Waals surface area contributed by atoms with Gasteiger partial charge in [-0.1, -0.05) is 44.1 Å². The largest absolute Gasteiger partial charge is 0.403 e. The molecule has 2 aromatic rings. The van der Waals surface area contributed by atoms with Crippen molar-refractivity contribution in [2.24, 2.45) is 17.3 Å². The first kappa shape index (κ1) is 19.9. The number of hydrogen-bond donors (Lipinski definition) is 0. The molecular formula is C23H32N4O2. The molecule has 0 spiro atoms. The van der Waals surface area contributed by atoms with E-state index in [1.54, 1.807) is 0 Å². The number of carbonyl (C=O) groups excluding carboxylic acids is 1. The maximum atomic E-state index is 13.0. The van der Waals surface area contributed by atoms with Crippen molar-refractivity contribution in [1.29, 1.82) is 0 Å². The van der Waals surface area contributed by atoms with Gasteiger partial charge in [-0.05, 0) is 49.1 Å². The van der Waals surface area contributed by atoms with Crippen molar-refractivity contribution in [2.45, 2.75) is 46.5 Å². The first-order valence-electron chi connectivity index (χ1n) is 10.8. The third-order valence-electron chi connectivity index (χ3n) is 6.58. The van der Waals surface area contributed by atoms with Crippen LogP contribution in [0.15, 0.2) is 34.7 Å². The zero-order valence-electron chi connectivity index (χ0n) is 17.8. The molecule has 0 N–H and O–H groups in total. The minimum Gasteiger partial charge on any atom is -0.403 e. The van der Waals surface area contributed by atoms with Gasteiger partial charge in [0.2, 0.25) is 11.8 Å². The van der Waals surface area contributed by atoms with Crippen molar-refractivity contribution in [3.05, 3.63) is 30.3 Å². The van der Waals surface area contributed by atoms with E-state index in [-0.39, 0.29) is 5.92 Å². The van der Waals surface area contributed by atoms with Gasteiger partial charge >= 0.3 is 6.01 Å². The lowest BCUT2D eigenvalue weighted by Crippen LogP contribution is -2.46. The van der Waals surface area contributed by atoms with E-state index in [4.69, 9.17) is 4.42 Å². The second kappa shape index (κ2) is 8.17.